The van der Waals surface area contributed by atoms with Crippen molar-refractivity contribution in [3.63, 3.8) is 0 Å². The van der Waals surface area contributed by atoms with Crippen molar-refractivity contribution in [1.29, 1.82) is 0 Å². The number of amides is 2. The third kappa shape index (κ3) is 5.41. The Bertz CT molecular complexity index is 1060. The van der Waals surface area contributed by atoms with Crippen LogP contribution in [0.4, 0.5) is 0 Å². The van der Waals surface area contributed by atoms with E-state index < -0.39 is 15.8 Å². The van der Waals surface area contributed by atoms with Gasteiger partial charge in [-0.2, -0.15) is 0 Å². The van der Waals surface area contributed by atoms with Gasteiger partial charge in [-0.3, -0.25) is 14.6 Å². The molecule has 164 valence electrons. The summed E-state index contributed by atoms with van der Waals surface area (Å²) in [4.78, 5) is 30.7. The van der Waals surface area contributed by atoms with E-state index in [9.17, 15) is 18.0 Å². The molecule has 0 radical (unpaired) electrons. The average molecular weight is 444 g/mol. The van der Waals surface area contributed by atoms with Crippen LogP contribution in [0.2, 0.25) is 0 Å². The van der Waals surface area contributed by atoms with E-state index in [1.807, 2.05) is 42.5 Å². The molecule has 1 aromatic heterocycles. The summed E-state index contributed by atoms with van der Waals surface area (Å²) < 4.78 is 29.2. The topological polar surface area (TPSA) is 106 Å². The lowest BCUT2D eigenvalue weighted by atomic mass is 10.1. The maximum absolute atomic E-state index is 12.6. The number of likely N-dealkylation sites (tertiary alicyclic amines) is 1. The summed E-state index contributed by atoms with van der Waals surface area (Å²) in [5, 5.41) is 2.89. The molecular weight excluding hydrogens is 418 g/mol. The second kappa shape index (κ2) is 9.05. The highest BCUT2D eigenvalue weighted by atomic mass is 32.2. The zero-order valence-corrected chi connectivity index (χ0v) is 17.9. The van der Waals surface area contributed by atoms with Gasteiger partial charge in [-0.05, 0) is 36.2 Å². The van der Waals surface area contributed by atoms with Crippen molar-refractivity contribution in [3.8, 4) is 5.75 Å². The van der Waals surface area contributed by atoms with E-state index in [2.05, 4.69) is 10.3 Å². The Morgan fingerprint density at radius 2 is 2.10 bits per heavy atom. The summed E-state index contributed by atoms with van der Waals surface area (Å²) in [5.74, 6) is -0.0137. The molecule has 2 fully saturated rings. The van der Waals surface area contributed by atoms with Crippen LogP contribution >= 0.6 is 0 Å². The van der Waals surface area contributed by atoms with Crippen molar-refractivity contribution in [3.05, 3.63) is 59.9 Å². The third-order valence-electron chi connectivity index (χ3n) is 5.66. The fourth-order valence-corrected chi connectivity index (χ4v) is 5.73. The van der Waals surface area contributed by atoms with Crippen LogP contribution in [0.1, 0.15) is 24.1 Å². The number of pyridine rings is 1. The van der Waals surface area contributed by atoms with Crippen molar-refractivity contribution in [2.24, 2.45) is 5.92 Å². The first kappa shape index (κ1) is 21.3. The lowest BCUT2D eigenvalue weighted by Gasteiger charge is -2.22. The van der Waals surface area contributed by atoms with Crippen LogP contribution in [0.25, 0.3) is 0 Å². The Kier molecular flexibility index (Phi) is 6.22. The molecule has 2 unspecified atom stereocenters. The van der Waals surface area contributed by atoms with E-state index in [4.69, 9.17) is 4.74 Å². The number of benzene rings is 1. The normalized spacial score (nSPS) is 22.5. The molecule has 2 saturated heterocycles. The number of hydrogen-bond acceptors (Lipinski definition) is 6. The molecule has 0 bridgehead atoms. The quantitative estimate of drug-likeness (QED) is 0.692. The summed E-state index contributed by atoms with van der Waals surface area (Å²) in [6.07, 6.45) is 2.29. The zero-order valence-electron chi connectivity index (χ0n) is 17.1. The molecule has 2 aliphatic rings. The molecule has 0 spiro atoms. The van der Waals surface area contributed by atoms with Gasteiger partial charge in [0.05, 0.1) is 23.1 Å². The Morgan fingerprint density at radius 1 is 1.23 bits per heavy atom. The van der Waals surface area contributed by atoms with Crippen molar-refractivity contribution in [2.45, 2.75) is 32.0 Å². The first-order chi connectivity index (χ1) is 14.9. The summed E-state index contributed by atoms with van der Waals surface area (Å²) in [6.45, 7) is 0.952. The van der Waals surface area contributed by atoms with Crippen LogP contribution < -0.4 is 10.1 Å². The summed E-state index contributed by atoms with van der Waals surface area (Å²) in [5.41, 5.74) is 1.71. The number of nitrogens with zero attached hydrogens (tertiary/aromatic N) is 2. The number of hydrogen-bond donors (Lipinski definition) is 1. The molecular formula is C22H25N3O5S. The monoisotopic (exact) mass is 443 g/mol. The fourth-order valence-electron chi connectivity index (χ4n) is 4.00. The van der Waals surface area contributed by atoms with Crippen LogP contribution in [0.15, 0.2) is 48.7 Å². The van der Waals surface area contributed by atoms with Gasteiger partial charge < -0.3 is 15.0 Å². The van der Waals surface area contributed by atoms with Gasteiger partial charge in [0, 0.05) is 31.7 Å². The number of ether oxygens (including phenoxy) is 1. The van der Waals surface area contributed by atoms with Crippen LogP contribution in [0.3, 0.4) is 0 Å². The molecule has 2 aromatic rings. The van der Waals surface area contributed by atoms with Crippen molar-refractivity contribution in [1.82, 2.24) is 15.2 Å². The Labute approximate surface area is 181 Å². The predicted octanol–water partition coefficient (Wildman–Crippen LogP) is 1.31. The molecule has 31 heavy (non-hydrogen) atoms. The number of carbonyl (C=O) groups is 2. The molecule has 0 saturated carbocycles. The van der Waals surface area contributed by atoms with Gasteiger partial charge in [-0.15, -0.1) is 0 Å². The molecule has 1 aromatic carbocycles. The maximum Gasteiger partial charge on any atom is 0.225 e. The number of carbonyl (C=O) groups excluding carboxylic acids is 2. The zero-order chi connectivity index (χ0) is 21.8. The minimum Gasteiger partial charge on any atom is -0.487 e. The van der Waals surface area contributed by atoms with Gasteiger partial charge in [0.15, 0.2) is 9.84 Å². The maximum atomic E-state index is 12.6. The summed E-state index contributed by atoms with van der Waals surface area (Å²) >= 11 is 0. The lowest BCUT2D eigenvalue weighted by molar-refractivity contribution is -0.130. The van der Waals surface area contributed by atoms with Crippen LogP contribution in [-0.4, -0.2) is 54.2 Å². The van der Waals surface area contributed by atoms with Crippen molar-refractivity contribution in [2.75, 3.05) is 18.1 Å². The molecule has 2 atom stereocenters. The number of rotatable bonds is 7. The smallest absolute Gasteiger partial charge is 0.225 e. The molecule has 2 amide bonds. The van der Waals surface area contributed by atoms with E-state index in [0.717, 1.165) is 11.3 Å². The van der Waals surface area contributed by atoms with Gasteiger partial charge >= 0.3 is 0 Å². The van der Waals surface area contributed by atoms with E-state index in [0.29, 0.717) is 25.3 Å². The highest BCUT2D eigenvalue weighted by Gasteiger charge is 2.41. The SMILES string of the molecule is O=C(NCc1cccc(OCc2ccccn2)c1)C1CC(=O)N(C2CCS(=O)(=O)C2)C1. The molecule has 3 heterocycles. The molecule has 4 rings (SSSR count). The highest BCUT2D eigenvalue weighted by molar-refractivity contribution is 7.91. The molecule has 9 heteroatoms. The van der Waals surface area contributed by atoms with Crippen LogP contribution in [0, 0.1) is 5.92 Å². The predicted molar refractivity (Wildman–Crippen MR) is 114 cm³/mol. The average Bonchev–Trinajstić information content (AvgIpc) is 3.33. The summed E-state index contributed by atoms with van der Waals surface area (Å²) in [6, 6.07) is 12.8. The second-order valence-electron chi connectivity index (χ2n) is 7.98. The van der Waals surface area contributed by atoms with Gasteiger partial charge in [-0.1, -0.05) is 18.2 Å². The largest absolute Gasteiger partial charge is 0.487 e. The number of sulfone groups is 1. The van der Waals surface area contributed by atoms with Gasteiger partial charge in [0.2, 0.25) is 11.8 Å². The number of nitrogens with one attached hydrogen (secondary N) is 1. The molecule has 2 aliphatic heterocycles. The van der Waals surface area contributed by atoms with E-state index in [1.165, 1.54) is 0 Å². The van der Waals surface area contributed by atoms with Crippen LogP contribution in [-0.2, 0) is 32.6 Å². The standard InChI is InChI=1S/C22H25N3O5S/c26-21-11-17(13-25(21)19-7-9-31(28,29)15-19)22(27)24-12-16-4-3-6-20(10-16)30-14-18-5-1-2-8-23-18/h1-6,8,10,17,19H,7,9,11-15H2,(H,24,27). The van der Waals surface area contributed by atoms with Crippen LogP contribution in [0.5, 0.6) is 5.75 Å². The second-order valence-corrected chi connectivity index (χ2v) is 10.2. The van der Waals surface area contributed by atoms with Crippen molar-refractivity contribution >= 4 is 21.7 Å². The van der Waals surface area contributed by atoms with E-state index in [1.54, 1.807) is 11.1 Å². The fraction of sp³-hybridized carbons (Fsp3) is 0.409. The minimum atomic E-state index is -3.08. The third-order valence-corrected chi connectivity index (χ3v) is 7.41. The Hall–Kier alpha value is -2.94. The Morgan fingerprint density at radius 3 is 2.84 bits per heavy atom. The van der Waals surface area contributed by atoms with Gasteiger partial charge in [0.25, 0.3) is 0 Å². The van der Waals surface area contributed by atoms with Crippen molar-refractivity contribution < 1.29 is 22.7 Å². The van der Waals surface area contributed by atoms with E-state index in [-0.39, 0.29) is 42.3 Å². The molecule has 1 N–H and O–H groups in total. The van der Waals surface area contributed by atoms with E-state index >= 15 is 0 Å². The first-order valence-corrected chi connectivity index (χ1v) is 12.1. The number of aromatic nitrogens is 1. The van der Waals surface area contributed by atoms with Gasteiger partial charge in [0.1, 0.15) is 12.4 Å². The Balaban J connectivity index is 1.28. The minimum absolute atomic E-state index is 0.00161. The summed E-state index contributed by atoms with van der Waals surface area (Å²) in [7, 11) is -3.08. The first-order valence-electron chi connectivity index (χ1n) is 10.3. The van der Waals surface area contributed by atoms with Gasteiger partial charge in [-0.25, -0.2) is 8.42 Å². The highest BCUT2D eigenvalue weighted by Crippen LogP contribution is 2.26. The molecule has 8 nitrogen and oxygen atoms in total. The lowest BCUT2D eigenvalue weighted by Crippen LogP contribution is -2.39. The molecule has 0 aliphatic carbocycles.